The zero-order chi connectivity index (χ0) is 10.6. The number of hydrogen-bond donors (Lipinski definition) is 3. The van der Waals surface area contributed by atoms with Crippen LogP contribution in [0.2, 0.25) is 0 Å². The molecule has 0 bridgehead atoms. The lowest BCUT2D eigenvalue weighted by Crippen LogP contribution is -2.23. The van der Waals surface area contributed by atoms with Crippen molar-refractivity contribution in [3.05, 3.63) is 29.8 Å². The van der Waals surface area contributed by atoms with Crippen LogP contribution in [0.4, 0.5) is 5.69 Å². The first-order valence-electron chi connectivity index (χ1n) is 4.26. The third-order valence-corrected chi connectivity index (χ3v) is 2.00. The Kier molecular flexibility index (Phi) is 3.16. The van der Waals surface area contributed by atoms with Gasteiger partial charge in [0.2, 0.25) is 0 Å². The third kappa shape index (κ3) is 2.27. The molecule has 0 aliphatic heterocycles. The molecule has 0 spiro atoms. The van der Waals surface area contributed by atoms with E-state index in [9.17, 15) is 10.2 Å². The molecule has 4 N–H and O–H groups in total. The molecule has 0 atom stereocenters. The fourth-order valence-corrected chi connectivity index (χ4v) is 1.07. The minimum Gasteiger partial charge on any atom is -0.362 e. The summed E-state index contributed by atoms with van der Waals surface area (Å²) in [6, 6.07) is 6.38. The molecule has 0 fully saturated rings. The average Bonchev–Trinajstić information content (AvgIpc) is 2.19. The predicted octanol–water partition coefficient (Wildman–Crippen LogP) is 1.19. The van der Waals surface area contributed by atoms with Crippen molar-refractivity contribution in [2.75, 3.05) is 0 Å². The van der Waals surface area contributed by atoms with E-state index in [1.165, 1.54) is 0 Å². The highest BCUT2D eigenvalue weighted by molar-refractivity contribution is 5.39. The second-order valence-electron chi connectivity index (χ2n) is 2.93. The van der Waals surface area contributed by atoms with Crippen LogP contribution in [-0.2, 0) is 5.79 Å². The molecule has 0 radical (unpaired) electrons. The highest BCUT2D eigenvalue weighted by Gasteiger charge is 2.22. The van der Waals surface area contributed by atoms with Crippen LogP contribution < -0.4 is 5.84 Å². The minimum atomic E-state index is -1.78. The highest BCUT2D eigenvalue weighted by Crippen LogP contribution is 2.23. The standard InChI is InChI=1S/C9H13N3O2/c1-2-9(13,14)7-3-5-8(6-4-7)11-12-10/h3-6,13-14H,2H2,1H3,(H2,10,11). The Morgan fingerprint density at radius 3 is 2.29 bits per heavy atom. The molecule has 5 nitrogen and oxygen atoms in total. The maximum absolute atomic E-state index is 9.49. The monoisotopic (exact) mass is 195 g/mol. The van der Waals surface area contributed by atoms with E-state index < -0.39 is 5.79 Å². The normalized spacial score (nSPS) is 12.2. The molecule has 76 valence electrons. The van der Waals surface area contributed by atoms with Crippen molar-refractivity contribution in [2.24, 2.45) is 16.2 Å². The van der Waals surface area contributed by atoms with E-state index in [2.05, 4.69) is 10.3 Å². The summed E-state index contributed by atoms with van der Waals surface area (Å²) >= 11 is 0. The van der Waals surface area contributed by atoms with Crippen LogP contribution >= 0.6 is 0 Å². The van der Waals surface area contributed by atoms with E-state index in [1.807, 2.05) is 0 Å². The summed E-state index contributed by atoms with van der Waals surface area (Å²) in [6.45, 7) is 1.69. The van der Waals surface area contributed by atoms with Gasteiger partial charge >= 0.3 is 0 Å². The smallest absolute Gasteiger partial charge is 0.189 e. The molecule has 0 saturated heterocycles. The van der Waals surface area contributed by atoms with Gasteiger partial charge in [0.25, 0.3) is 0 Å². The van der Waals surface area contributed by atoms with Crippen molar-refractivity contribution in [3.8, 4) is 0 Å². The van der Waals surface area contributed by atoms with E-state index in [0.717, 1.165) is 0 Å². The summed E-state index contributed by atoms with van der Waals surface area (Å²) in [6.07, 6.45) is 0.227. The van der Waals surface area contributed by atoms with E-state index in [1.54, 1.807) is 31.2 Å². The molecule has 1 rings (SSSR count). The Labute approximate surface area is 81.9 Å². The molecule has 0 unspecified atom stereocenters. The first-order valence-corrected chi connectivity index (χ1v) is 4.26. The highest BCUT2D eigenvalue weighted by atomic mass is 16.5. The van der Waals surface area contributed by atoms with Crippen molar-refractivity contribution in [1.29, 1.82) is 0 Å². The summed E-state index contributed by atoms with van der Waals surface area (Å²) in [5.74, 6) is 3.09. The number of benzene rings is 1. The van der Waals surface area contributed by atoms with Gasteiger partial charge in [-0.2, -0.15) is 0 Å². The Morgan fingerprint density at radius 1 is 1.29 bits per heavy atom. The molecule has 0 amide bonds. The molecule has 0 saturated carbocycles. The summed E-state index contributed by atoms with van der Waals surface area (Å²) in [5.41, 5.74) is 0.999. The number of hydrogen-bond acceptors (Lipinski definition) is 4. The van der Waals surface area contributed by atoms with Crippen LogP contribution in [0.5, 0.6) is 0 Å². The summed E-state index contributed by atoms with van der Waals surface area (Å²) in [4.78, 5) is 0. The molecule has 14 heavy (non-hydrogen) atoms. The Bertz CT molecular complexity index is 319. The summed E-state index contributed by atoms with van der Waals surface area (Å²) < 4.78 is 0. The molecule has 0 aliphatic rings. The van der Waals surface area contributed by atoms with Gasteiger partial charge in [0, 0.05) is 12.0 Å². The van der Waals surface area contributed by atoms with Gasteiger partial charge in [-0.05, 0) is 12.1 Å². The van der Waals surface area contributed by atoms with Gasteiger partial charge in [0.05, 0.1) is 5.69 Å². The van der Waals surface area contributed by atoms with Crippen molar-refractivity contribution >= 4 is 5.69 Å². The van der Waals surface area contributed by atoms with Gasteiger partial charge in [-0.1, -0.05) is 24.3 Å². The van der Waals surface area contributed by atoms with Gasteiger partial charge in [-0.15, -0.1) is 5.11 Å². The first kappa shape index (κ1) is 10.6. The van der Waals surface area contributed by atoms with Crippen LogP contribution in [-0.4, -0.2) is 10.2 Å². The van der Waals surface area contributed by atoms with Crippen LogP contribution in [0.25, 0.3) is 0 Å². The van der Waals surface area contributed by atoms with Gasteiger partial charge in [0.1, 0.15) is 0 Å². The van der Waals surface area contributed by atoms with Gasteiger partial charge in [-0.25, -0.2) is 0 Å². The minimum absolute atomic E-state index is 0.227. The average molecular weight is 195 g/mol. The summed E-state index contributed by atoms with van der Waals surface area (Å²) in [5, 5.41) is 25.7. The summed E-state index contributed by atoms with van der Waals surface area (Å²) in [7, 11) is 0. The van der Waals surface area contributed by atoms with Gasteiger partial charge in [-0.3, -0.25) is 0 Å². The van der Waals surface area contributed by atoms with E-state index in [-0.39, 0.29) is 6.42 Å². The lowest BCUT2D eigenvalue weighted by atomic mass is 10.0. The molecule has 0 aliphatic carbocycles. The second-order valence-corrected chi connectivity index (χ2v) is 2.93. The second kappa shape index (κ2) is 4.17. The fourth-order valence-electron chi connectivity index (χ4n) is 1.07. The number of rotatable bonds is 3. The van der Waals surface area contributed by atoms with Crippen LogP contribution in [0.1, 0.15) is 18.9 Å². The van der Waals surface area contributed by atoms with Crippen LogP contribution in [0.3, 0.4) is 0 Å². The van der Waals surface area contributed by atoms with Crippen LogP contribution in [0, 0.1) is 0 Å². The van der Waals surface area contributed by atoms with E-state index >= 15 is 0 Å². The van der Waals surface area contributed by atoms with Crippen LogP contribution in [0.15, 0.2) is 34.6 Å². The molecular formula is C9H13N3O2. The maximum atomic E-state index is 9.49. The SMILES string of the molecule is CCC(O)(O)c1ccc(N=NN)cc1. The van der Waals surface area contributed by atoms with Crippen molar-refractivity contribution in [2.45, 2.75) is 19.1 Å². The molecule has 5 heteroatoms. The Balaban J connectivity index is 2.93. The first-order chi connectivity index (χ1) is 6.60. The van der Waals surface area contributed by atoms with E-state index in [4.69, 9.17) is 5.84 Å². The number of nitrogens with two attached hydrogens (primary N) is 1. The molecule has 0 heterocycles. The third-order valence-electron chi connectivity index (χ3n) is 2.00. The topological polar surface area (TPSA) is 91.2 Å². The van der Waals surface area contributed by atoms with Gasteiger partial charge < -0.3 is 16.1 Å². The fraction of sp³-hybridized carbons (Fsp3) is 0.333. The lowest BCUT2D eigenvalue weighted by molar-refractivity contribution is -0.171. The quantitative estimate of drug-likeness (QED) is 0.293. The van der Waals surface area contributed by atoms with E-state index in [0.29, 0.717) is 11.3 Å². The van der Waals surface area contributed by atoms with Crippen molar-refractivity contribution in [3.63, 3.8) is 0 Å². The number of aliphatic hydroxyl groups is 2. The Hall–Kier alpha value is -1.46. The Morgan fingerprint density at radius 2 is 1.86 bits per heavy atom. The molecule has 0 aromatic heterocycles. The van der Waals surface area contributed by atoms with Crippen molar-refractivity contribution in [1.82, 2.24) is 0 Å². The lowest BCUT2D eigenvalue weighted by Gasteiger charge is -2.19. The zero-order valence-electron chi connectivity index (χ0n) is 7.88. The van der Waals surface area contributed by atoms with Crippen molar-refractivity contribution < 1.29 is 10.2 Å². The molecule has 1 aromatic carbocycles. The maximum Gasteiger partial charge on any atom is 0.189 e. The molecule has 1 aromatic rings. The number of nitrogens with zero attached hydrogens (tertiary/aromatic N) is 2. The molecular weight excluding hydrogens is 182 g/mol. The van der Waals surface area contributed by atoms with Gasteiger partial charge in [0.15, 0.2) is 5.79 Å². The largest absolute Gasteiger partial charge is 0.362 e. The predicted molar refractivity (Wildman–Crippen MR) is 51.6 cm³/mol. The zero-order valence-corrected chi connectivity index (χ0v) is 7.88.